The van der Waals surface area contributed by atoms with Gasteiger partial charge in [-0.1, -0.05) is 18.2 Å². The molecule has 166 valence electrons. The van der Waals surface area contributed by atoms with Crippen LogP contribution in [-0.4, -0.2) is 41.2 Å². The molecule has 0 radical (unpaired) electrons. The first-order valence-electron chi connectivity index (χ1n) is 11.2. The fourth-order valence-corrected chi connectivity index (χ4v) is 4.72. The summed E-state index contributed by atoms with van der Waals surface area (Å²) in [5, 5.41) is 17.2. The lowest BCUT2D eigenvalue weighted by atomic mass is 9.95. The number of hydrogen-bond acceptors (Lipinski definition) is 6. The second-order valence-electron chi connectivity index (χ2n) is 8.66. The van der Waals surface area contributed by atoms with Crippen molar-refractivity contribution in [1.29, 1.82) is 0 Å². The van der Waals surface area contributed by atoms with Gasteiger partial charge in [-0.3, -0.25) is 9.88 Å². The highest BCUT2D eigenvalue weighted by atomic mass is 16.5. The molecule has 0 spiro atoms. The average molecular weight is 432 g/mol. The number of likely N-dealkylation sites (tertiary alicyclic amines) is 1. The predicted octanol–water partition coefficient (Wildman–Crippen LogP) is 4.41. The first-order valence-corrected chi connectivity index (χ1v) is 11.2. The quantitative estimate of drug-likeness (QED) is 0.471. The summed E-state index contributed by atoms with van der Waals surface area (Å²) in [5.41, 5.74) is 1.55. The van der Waals surface area contributed by atoms with Gasteiger partial charge in [0.2, 0.25) is 0 Å². The zero-order valence-electron chi connectivity index (χ0n) is 18.5. The number of para-hydroxylation sites is 1. The summed E-state index contributed by atoms with van der Waals surface area (Å²) in [6, 6.07) is 18.3. The van der Waals surface area contributed by atoms with Gasteiger partial charge in [-0.15, -0.1) is 0 Å². The minimum Gasteiger partial charge on any atom is -0.497 e. The molecule has 1 aliphatic heterocycles. The van der Waals surface area contributed by atoms with Crippen LogP contribution in [0.2, 0.25) is 0 Å². The minimum atomic E-state index is -1.09. The molecule has 4 aromatic rings. The van der Waals surface area contributed by atoms with Crippen molar-refractivity contribution < 1.29 is 14.3 Å². The van der Waals surface area contributed by atoms with Crippen LogP contribution < -0.4 is 10.1 Å². The molecule has 1 aliphatic rings. The standard InChI is InChI=1S/C26H29N3O3/c1-26(30,23-9-12-27-24-8-7-20(31-2)16-22(23)24)29-13-10-19(11-14-29)28-17-21-15-18-5-3-4-6-25(18)32-21/h3-9,12,15-16,19,28,30H,10-11,13-14,17H2,1-2H3. The van der Waals surface area contributed by atoms with Gasteiger partial charge < -0.3 is 19.6 Å². The van der Waals surface area contributed by atoms with Crippen molar-refractivity contribution in [3.8, 4) is 5.75 Å². The van der Waals surface area contributed by atoms with Crippen LogP contribution in [-0.2, 0) is 12.3 Å². The number of furan rings is 1. The highest BCUT2D eigenvalue weighted by Crippen LogP contribution is 2.34. The number of ether oxygens (including phenoxy) is 1. The molecule has 0 bridgehead atoms. The van der Waals surface area contributed by atoms with Crippen molar-refractivity contribution >= 4 is 21.9 Å². The molecule has 0 saturated carbocycles. The Bertz CT molecular complexity index is 1190. The minimum absolute atomic E-state index is 0.393. The van der Waals surface area contributed by atoms with Gasteiger partial charge in [-0.05, 0) is 56.2 Å². The molecule has 2 N–H and O–H groups in total. The van der Waals surface area contributed by atoms with Crippen LogP contribution in [0, 0.1) is 0 Å². The third-order valence-electron chi connectivity index (χ3n) is 6.61. The number of fused-ring (bicyclic) bond motifs is 2. The zero-order valence-corrected chi connectivity index (χ0v) is 18.5. The zero-order chi connectivity index (χ0) is 22.1. The van der Waals surface area contributed by atoms with Gasteiger partial charge in [0, 0.05) is 41.7 Å². The number of piperidine rings is 1. The van der Waals surface area contributed by atoms with E-state index in [1.807, 2.05) is 49.4 Å². The Morgan fingerprint density at radius 1 is 1.16 bits per heavy atom. The number of pyridine rings is 1. The van der Waals surface area contributed by atoms with Crippen LogP contribution >= 0.6 is 0 Å². The van der Waals surface area contributed by atoms with E-state index in [-0.39, 0.29) is 0 Å². The molecule has 6 nitrogen and oxygen atoms in total. The monoisotopic (exact) mass is 431 g/mol. The molecule has 1 saturated heterocycles. The molecular formula is C26H29N3O3. The first-order chi connectivity index (χ1) is 15.5. The topological polar surface area (TPSA) is 70.8 Å². The molecule has 0 aliphatic carbocycles. The first kappa shape index (κ1) is 20.9. The molecule has 2 aromatic heterocycles. The van der Waals surface area contributed by atoms with Crippen molar-refractivity contribution in [2.75, 3.05) is 20.2 Å². The molecule has 5 rings (SSSR count). The Hall–Kier alpha value is -2.93. The molecule has 0 amide bonds. The van der Waals surface area contributed by atoms with Gasteiger partial charge in [-0.25, -0.2) is 0 Å². The molecule has 3 heterocycles. The smallest absolute Gasteiger partial charge is 0.142 e. The predicted molar refractivity (Wildman–Crippen MR) is 126 cm³/mol. The van der Waals surface area contributed by atoms with Crippen molar-refractivity contribution in [3.05, 3.63) is 72.1 Å². The van der Waals surface area contributed by atoms with E-state index in [1.165, 1.54) is 0 Å². The van der Waals surface area contributed by atoms with Gasteiger partial charge in [0.15, 0.2) is 0 Å². The third kappa shape index (κ3) is 3.97. The number of aliphatic hydroxyl groups is 1. The van der Waals surface area contributed by atoms with E-state index in [0.717, 1.165) is 64.9 Å². The summed E-state index contributed by atoms with van der Waals surface area (Å²) in [5.74, 6) is 1.72. The van der Waals surface area contributed by atoms with E-state index in [0.29, 0.717) is 12.6 Å². The lowest BCUT2D eigenvalue weighted by Crippen LogP contribution is -2.51. The maximum absolute atomic E-state index is 11.6. The number of nitrogens with zero attached hydrogens (tertiary/aromatic N) is 2. The maximum atomic E-state index is 11.6. The van der Waals surface area contributed by atoms with Crippen LogP contribution in [0.15, 0.2) is 65.2 Å². The number of nitrogens with one attached hydrogen (secondary N) is 1. The third-order valence-corrected chi connectivity index (χ3v) is 6.61. The second-order valence-corrected chi connectivity index (χ2v) is 8.66. The van der Waals surface area contributed by atoms with E-state index >= 15 is 0 Å². The lowest BCUT2D eigenvalue weighted by Gasteiger charge is -2.42. The van der Waals surface area contributed by atoms with Gasteiger partial charge in [-0.2, -0.15) is 0 Å². The van der Waals surface area contributed by atoms with Crippen LogP contribution in [0.3, 0.4) is 0 Å². The molecule has 6 heteroatoms. The molecule has 1 fully saturated rings. The van der Waals surface area contributed by atoms with E-state index in [2.05, 4.69) is 27.3 Å². The number of rotatable bonds is 6. The number of hydrogen-bond donors (Lipinski definition) is 2. The molecule has 2 aromatic carbocycles. The summed E-state index contributed by atoms with van der Waals surface area (Å²) in [6.07, 6.45) is 3.69. The van der Waals surface area contributed by atoms with Crippen molar-refractivity contribution in [2.45, 2.75) is 38.1 Å². The Balaban J connectivity index is 1.25. The molecule has 1 atom stereocenters. The van der Waals surface area contributed by atoms with Crippen molar-refractivity contribution in [2.24, 2.45) is 0 Å². The SMILES string of the molecule is COc1ccc2nccc(C(C)(O)N3CCC(NCc4cc5ccccc5o4)CC3)c2c1. The summed E-state index contributed by atoms with van der Waals surface area (Å²) in [7, 11) is 1.65. The summed E-state index contributed by atoms with van der Waals surface area (Å²) in [6.45, 7) is 4.20. The molecule has 1 unspecified atom stereocenters. The Morgan fingerprint density at radius 3 is 2.75 bits per heavy atom. The van der Waals surface area contributed by atoms with E-state index < -0.39 is 5.72 Å². The van der Waals surface area contributed by atoms with Crippen LogP contribution in [0.4, 0.5) is 0 Å². The molecule has 32 heavy (non-hydrogen) atoms. The number of aromatic nitrogens is 1. The maximum Gasteiger partial charge on any atom is 0.142 e. The fraction of sp³-hybridized carbons (Fsp3) is 0.346. The highest BCUT2D eigenvalue weighted by molar-refractivity contribution is 5.84. The second kappa shape index (κ2) is 8.54. The van der Waals surface area contributed by atoms with Crippen LogP contribution in [0.5, 0.6) is 5.75 Å². The van der Waals surface area contributed by atoms with E-state index in [1.54, 1.807) is 13.3 Å². The Morgan fingerprint density at radius 2 is 1.97 bits per heavy atom. The van der Waals surface area contributed by atoms with Gasteiger partial charge in [0.25, 0.3) is 0 Å². The van der Waals surface area contributed by atoms with Gasteiger partial charge >= 0.3 is 0 Å². The van der Waals surface area contributed by atoms with E-state index in [9.17, 15) is 5.11 Å². The normalized spacial score (nSPS) is 17.6. The van der Waals surface area contributed by atoms with Crippen LogP contribution in [0.1, 0.15) is 31.1 Å². The Kier molecular flexibility index (Phi) is 5.59. The fourth-order valence-electron chi connectivity index (χ4n) is 4.72. The highest BCUT2D eigenvalue weighted by Gasteiger charge is 2.35. The number of benzene rings is 2. The van der Waals surface area contributed by atoms with E-state index in [4.69, 9.17) is 9.15 Å². The summed E-state index contributed by atoms with van der Waals surface area (Å²) < 4.78 is 11.3. The van der Waals surface area contributed by atoms with Gasteiger partial charge in [0.05, 0.1) is 19.2 Å². The largest absolute Gasteiger partial charge is 0.497 e. The van der Waals surface area contributed by atoms with Crippen molar-refractivity contribution in [1.82, 2.24) is 15.2 Å². The lowest BCUT2D eigenvalue weighted by molar-refractivity contribution is -0.110. The average Bonchev–Trinajstić information content (AvgIpc) is 3.25. The summed E-state index contributed by atoms with van der Waals surface area (Å²) >= 11 is 0. The van der Waals surface area contributed by atoms with Gasteiger partial charge in [0.1, 0.15) is 22.8 Å². The summed E-state index contributed by atoms with van der Waals surface area (Å²) in [4.78, 5) is 6.61. The van der Waals surface area contributed by atoms with Crippen molar-refractivity contribution in [3.63, 3.8) is 0 Å². The Labute approximate surface area is 187 Å². The molecular weight excluding hydrogens is 402 g/mol. The van der Waals surface area contributed by atoms with Crippen LogP contribution in [0.25, 0.3) is 21.9 Å². The number of methoxy groups -OCH3 is 1.